The fourth-order valence-corrected chi connectivity index (χ4v) is 2.76. The van der Waals surface area contributed by atoms with Crippen LogP contribution >= 0.6 is 0 Å². The number of nitrogens with one attached hydrogen (secondary N) is 1. The van der Waals surface area contributed by atoms with Crippen LogP contribution in [0.2, 0.25) is 0 Å². The van der Waals surface area contributed by atoms with E-state index in [4.69, 9.17) is 0 Å². The largest absolute Gasteiger partial charge is 0.366 e. The van der Waals surface area contributed by atoms with E-state index in [1.165, 1.54) is 11.1 Å². The van der Waals surface area contributed by atoms with Gasteiger partial charge >= 0.3 is 0 Å². The van der Waals surface area contributed by atoms with E-state index in [-0.39, 0.29) is 11.9 Å². The van der Waals surface area contributed by atoms with E-state index in [1.54, 1.807) is 12.3 Å². The molecule has 0 saturated carbocycles. The first-order valence-corrected chi connectivity index (χ1v) is 7.72. The lowest BCUT2D eigenvalue weighted by atomic mass is 10.00. The highest BCUT2D eigenvalue weighted by molar-refractivity contribution is 5.92. The monoisotopic (exact) mass is 295 g/mol. The molecular weight excluding hydrogens is 274 g/mol. The molecule has 3 rings (SSSR count). The normalized spacial score (nSPS) is 13.9. The minimum absolute atomic E-state index is 0.118. The maximum Gasteiger partial charge on any atom is 0.270 e. The van der Waals surface area contributed by atoms with Gasteiger partial charge in [0.2, 0.25) is 0 Å². The van der Waals surface area contributed by atoms with Crippen molar-refractivity contribution in [1.82, 2.24) is 10.3 Å². The van der Waals surface area contributed by atoms with Crippen molar-refractivity contribution in [3.63, 3.8) is 0 Å². The molecule has 1 aromatic carbocycles. The van der Waals surface area contributed by atoms with Crippen LogP contribution in [0, 0.1) is 0 Å². The molecule has 1 aliphatic heterocycles. The zero-order valence-electron chi connectivity index (χ0n) is 13.0. The molecule has 114 valence electrons. The van der Waals surface area contributed by atoms with Gasteiger partial charge in [-0.25, -0.2) is 4.98 Å². The number of pyridine rings is 1. The van der Waals surface area contributed by atoms with Gasteiger partial charge in [-0.3, -0.25) is 4.79 Å². The second kappa shape index (κ2) is 6.18. The highest BCUT2D eigenvalue weighted by Crippen LogP contribution is 2.23. The van der Waals surface area contributed by atoms with Crippen LogP contribution in [-0.2, 0) is 13.0 Å². The second-order valence-electron chi connectivity index (χ2n) is 5.97. The Labute approximate surface area is 131 Å². The van der Waals surface area contributed by atoms with E-state index >= 15 is 0 Å². The van der Waals surface area contributed by atoms with Crippen LogP contribution in [0.5, 0.6) is 0 Å². The van der Waals surface area contributed by atoms with Gasteiger partial charge in [0.15, 0.2) is 0 Å². The molecule has 2 heterocycles. The quantitative estimate of drug-likeness (QED) is 0.947. The maximum absolute atomic E-state index is 11.9. The predicted octanol–water partition coefficient (Wildman–Crippen LogP) is 2.78. The number of aromatic nitrogens is 1. The van der Waals surface area contributed by atoms with Gasteiger partial charge in [-0.1, -0.05) is 24.3 Å². The maximum atomic E-state index is 11.9. The lowest BCUT2D eigenvalue weighted by molar-refractivity contribution is 0.0938. The van der Waals surface area contributed by atoms with E-state index in [0.717, 1.165) is 25.2 Å². The number of hydrogen-bond acceptors (Lipinski definition) is 3. The Morgan fingerprint density at radius 3 is 2.64 bits per heavy atom. The first-order chi connectivity index (χ1) is 10.6. The van der Waals surface area contributed by atoms with Crippen molar-refractivity contribution in [2.75, 3.05) is 11.4 Å². The number of amides is 1. The van der Waals surface area contributed by atoms with Gasteiger partial charge in [-0.15, -0.1) is 0 Å². The van der Waals surface area contributed by atoms with Crippen molar-refractivity contribution >= 4 is 11.6 Å². The summed E-state index contributed by atoms with van der Waals surface area (Å²) in [5, 5.41) is 2.86. The van der Waals surface area contributed by atoms with Gasteiger partial charge in [-0.05, 0) is 43.5 Å². The van der Waals surface area contributed by atoms with Gasteiger partial charge in [0.1, 0.15) is 5.69 Å². The molecule has 0 spiro atoms. The highest BCUT2D eigenvalue weighted by atomic mass is 16.1. The Bertz CT molecular complexity index is 664. The van der Waals surface area contributed by atoms with E-state index < -0.39 is 0 Å². The van der Waals surface area contributed by atoms with Crippen molar-refractivity contribution < 1.29 is 4.79 Å². The molecule has 0 saturated heterocycles. The summed E-state index contributed by atoms with van der Waals surface area (Å²) in [6, 6.07) is 12.5. The average Bonchev–Trinajstić information content (AvgIpc) is 2.54. The molecule has 0 bridgehead atoms. The molecule has 1 N–H and O–H groups in total. The molecule has 0 unspecified atom stereocenters. The fraction of sp³-hybridized carbons (Fsp3) is 0.333. The number of hydrogen-bond donors (Lipinski definition) is 1. The number of fused-ring (bicyclic) bond motifs is 1. The van der Waals surface area contributed by atoms with Crippen molar-refractivity contribution in [3.05, 3.63) is 59.4 Å². The summed E-state index contributed by atoms with van der Waals surface area (Å²) in [6.45, 7) is 5.76. The van der Waals surface area contributed by atoms with Crippen LogP contribution in [0.4, 0.5) is 5.69 Å². The van der Waals surface area contributed by atoms with Crippen molar-refractivity contribution in [2.24, 2.45) is 0 Å². The summed E-state index contributed by atoms with van der Waals surface area (Å²) < 4.78 is 0. The van der Waals surface area contributed by atoms with Crippen LogP contribution in [0.25, 0.3) is 0 Å². The third kappa shape index (κ3) is 3.11. The van der Waals surface area contributed by atoms with Crippen molar-refractivity contribution in [2.45, 2.75) is 32.9 Å². The van der Waals surface area contributed by atoms with Gasteiger partial charge in [-0.2, -0.15) is 0 Å². The van der Waals surface area contributed by atoms with Gasteiger partial charge in [0.25, 0.3) is 5.91 Å². The molecule has 0 fully saturated rings. The molecule has 1 aliphatic rings. The Hall–Kier alpha value is -2.36. The molecule has 4 nitrogen and oxygen atoms in total. The standard InChI is InChI=1S/C18H21N3O/c1-13(2)20-18(22)17-8-7-16(11-19-17)21-10-9-14-5-3-4-6-15(14)12-21/h3-8,11,13H,9-10,12H2,1-2H3,(H,20,22). The highest BCUT2D eigenvalue weighted by Gasteiger charge is 2.17. The summed E-state index contributed by atoms with van der Waals surface area (Å²) in [5.41, 5.74) is 4.33. The zero-order valence-corrected chi connectivity index (χ0v) is 13.0. The van der Waals surface area contributed by atoms with E-state index in [9.17, 15) is 4.79 Å². The van der Waals surface area contributed by atoms with Crippen LogP contribution in [-0.4, -0.2) is 23.5 Å². The van der Waals surface area contributed by atoms with E-state index in [0.29, 0.717) is 5.69 Å². The average molecular weight is 295 g/mol. The number of benzene rings is 1. The van der Waals surface area contributed by atoms with E-state index in [1.807, 2.05) is 19.9 Å². The minimum atomic E-state index is -0.120. The Morgan fingerprint density at radius 2 is 1.95 bits per heavy atom. The molecule has 0 aliphatic carbocycles. The third-order valence-corrected chi connectivity index (χ3v) is 3.90. The van der Waals surface area contributed by atoms with Crippen molar-refractivity contribution in [3.8, 4) is 0 Å². The Balaban J connectivity index is 1.73. The second-order valence-corrected chi connectivity index (χ2v) is 5.97. The first kappa shape index (κ1) is 14.6. The number of carbonyl (C=O) groups is 1. The summed E-state index contributed by atoms with van der Waals surface area (Å²) in [5.74, 6) is -0.120. The molecule has 22 heavy (non-hydrogen) atoms. The lowest BCUT2D eigenvalue weighted by Crippen LogP contribution is -2.32. The smallest absolute Gasteiger partial charge is 0.270 e. The third-order valence-electron chi connectivity index (χ3n) is 3.90. The molecule has 0 atom stereocenters. The van der Waals surface area contributed by atoms with Crippen molar-refractivity contribution in [1.29, 1.82) is 0 Å². The molecule has 1 aromatic heterocycles. The molecule has 1 amide bonds. The van der Waals surface area contributed by atoms with Gasteiger partial charge in [0, 0.05) is 19.1 Å². The summed E-state index contributed by atoms with van der Waals surface area (Å²) in [4.78, 5) is 18.5. The SMILES string of the molecule is CC(C)NC(=O)c1ccc(N2CCc3ccccc3C2)cn1. The predicted molar refractivity (Wildman–Crippen MR) is 88.0 cm³/mol. The molecular formula is C18H21N3O. The van der Waals surface area contributed by atoms with Crippen LogP contribution in [0.15, 0.2) is 42.6 Å². The fourth-order valence-electron chi connectivity index (χ4n) is 2.76. The molecule has 0 radical (unpaired) electrons. The summed E-state index contributed by atoms with van der Waals surface area (Å²) >= 11 is 0. The van der Waals surface area contributed by atoms with Gasteiger partial charge in [0.05, 0.1) is 11.9 Å². The first-order valence-electron chi connectivity index (χ1n) is 7.72. The Morgan fingerprint density at radius 1 is 1.18 bits per heavy atom. The number of anilines is 1. The lowest BCUT2D eigenvalue weighted by Gasteiger charge is -2.30. The number of carbonyl (C=O) groups excluding carboxylic acids is 1. The van der Waals surface area contributed by atoms with Crippen LogP contribution < -0.4 is 10.2 Å². The van der Waals surface area contributed by atoms with E-state index in [2.05, 4.69) is 39.5 Å². The zero-order chi connectivity index (χ0) is 15.5. The topological polar surface area (TPSA) is 45.2 Å². The number of rotatable bonds is 3. The van der Waals surface area contributed by atoms with Crippen LogP contribution in [0.3, 0.4) is 0 Å². The summed E-state index contributed by atoms with van der Waals surface area (Å²) in [7, 11) is 0. The molecule has 2 aromatic rings. The number of nitrogens with zero attached hydrogens (tertiary/aromatic N) is 2. The summed E-state index contributed by atoms with van der Waals surface area (Å²) in [6.07, 6.45) is 2.84. The Kier molecular flexibility index (Phi) is 4.09. The van der Waals surface area contributed by atoms with Gasteiger partial charge < -0.3 is 10.2 Å². The minimum Gasteiger partial charge on any atom is -0.366 e. The molecule has 4 heteroatoms. The van der Waals surface area contributed by atoms with Crippen LogP contribution in [0.1, 0.15) is 35.5 Å².